The van der Waals surface area contributed by atoms with Gasteiger partial charge in [0.15, 0.2) is 0 Å². The first-order chi connectivity index (χ1) is 11.7. The summed E-state index contributed by atoms with van der Waals surface area (Å²) in [5.41, 5.74) is 2.60. The monoisotopic (exact) mass is 352 g/mol. The number of fused-ring (bicyclic) bond motifs is 1. The van der Waals surface area contributed by atoms with Crippen molar-refractivity contribution in [3.8, 4) is 0 Å². The summed E-state index contributed by atoms with van der Waals surface area (Å²) in [7, 11) is 0. The van der Waals surface area contributed by atoms with Gasteiger partial charge in [0, 0.05) is 5.92 Å². The quantitative estimate of drug-likeness (QED) is 0.402. The van der Waals surface area contributed by atoms with Gasteiger partial charge in [0.1, 0.15) is 6.10 Å². The first-order valence-corrected chi connectivity index (χ1v) is 10.3. The molecule has 0 unspecified atom stereocenters. The lowest BCUT2D eigenvalue weighted by Crippen LogP contribution is -2.58. The van der Waals surface area contributed by atoms with E-state index in [0.29, 0.717) is 17.8 Å². The summed E-state index contributed by atoms with van der Waals surface area (Å²) in [6, 6.07) is 0. The van der Waals surface area contributed by atoms with Gasteiger partial charge >= 0.3 is 6.09 Å². The Morgan fingerprint density at radius 1 is 1.32 bits per heavy atom. The Morgan fingerprint density at radius 3 is 2.60 bits per heavy atom. The number of nitrogens with two attached hydrogens (primary N) is 1. The van der Waals surface area contributed by atoms with Crippen LogP contribution in [0.2, 0.25) is 0 Å². The number of hydrazine groups is 1. The average Bonchev–Trinajstić information content (AvgIpc) is 2.52. The van der Waals surface area contributed by atoms with Crippen molar-refractivity contribution in [2.75, 3.05) is 0 Å². The fourth-order valence-corrected chi connectivity index (χ4v) is 6.36. The number of ether oxygens (including phenoxy) is 1. The molecule has 0 saturated heterocycles. The molecule has 0 bridgehead atoms. The molecule has 0 aromatic rings. The largest absolute Gasteiger partial charge is 0.445 e. The SMILES string of the molecule is CC[C@@H](C)CC[C@H]1[C@@H](C)C[C@@H](OC(=O)NN)[C@H]2C(C)(C)CCC[C@]12C. The maximum atomic E-state index is 11.9. The van der Waals surface area contributed by atoms with E-state index in [2.05, 4.69) is 47.0 Å². The summed E-state index contributed by atoms with van der Waals surface area (Å²) in [6.07, 6.45) is 8.06. The van der Waals surface area contributed by atoms with Gasteiger partial charge in [-0.3, -0.25) is 5.43 Å². The number of amides is 1. The average molecular weight is 353 g/mol. The van der Waals surface area contributed by atoms with Crippen LogP contribution in [0.5, 0.6) is 0 Å². The minimum Gasteiger partial charge on any atom is -0.445 e. The number of rotatable bonds is 5. The zero-order valence-corrected chi connectivity index (χ0v) is 17.2. The molecule has 3 N–H and O–H groups in total. The molecule has 0 radical (unpaired) electrons. The van der Waals surface area contributed by atoms with Crippen molar-refractivity contribution in [1.29, 1.82) is 0 Å². The van der Waals surface area contributed by atoms with Crippen LogP contribution in [0, 0.1) is 34.5 Å². The van der Waals surface area contributed by atoms with Crippen molar-refractivity contribution < 1.29 is 9.53 Å². The summed E-state index contributed by atoms with van der Waals surface area (Å²) < 4.78 is 5.80. The molecular formula is C21H40N2O2. The van der Waals surface area contributed by atoms with Crippen LogP contribution in [0.3, 0.4) is 0 Å². The Kier molecular flexibility index (Phi) is 6.45. The topological polar surface area (TPSA) is 64.3 Å². The van der Waals surface area contributed by atoms with Crippen molar-refractivity contribution in [1.82, 2.24) is 5.43 Å². The molecule has 4 heteroatoms. The van der Waals surface area contributed by atoms with Gasteiger partial charge < -0.3 is 4.74 Å². The first kappa shape index (κ1) is 20.5. The molecule has 1 amide bonds. The zero-order valence-electron chi connectivity index (χ0n) is 17.2. The number of hydrogen-bond acceptors (Lipinski definition) is 3. The van der Waals surface area contributed by atoms with Gasteiger partial charge in [-0.2, -0.15) is 0 Å². The minimum atomic E-state index is -0.487. The molecule has 146 valence electrons. The molecule has 6 atom stereocenters. The number of carbonyl (C=O) groups is 1. The van der Waals surface area contributed by atoms with E-state index < -0.39 is 6.09 Å². The van der Waals surface area contributed by atoms with Crippen LogP contribution in [0.25, 0.3) is 0 Å². The van der Waals surface area contributed by atoms with Crippen LogP contribution in [0.1, 0.15) is 86.5 Å². The highest BCUT2D eigenvalue weighted by Crippen LogP contribution is 2.62. The first-order valence-electron chi connectivity index (χ1n) is 10.3. The van der Waals surface area contributed by atoms with Crippen LogP contribution in [-0.4, -0.2) is 12.2 Å². The van der Waals surface area contributed by atoms with E-state index in [1.54, 1.807) is 0 Å². The lowest BCUT2D eigenvalue weighted by Gasteiger charge is -2.61. The number of nitrogens with one attached hydrogen (secondary N) is 1. The molecule has 0 spiro atoms. The van der Waals surface area contributed by atoms with E-state index in [-0.39, 0.29) is 16.9 Å². The third kappa shape index (κ3) is 4.15. The molecule has 2 aliphatic rings. The third-order valence-electron chi connectivity index (χ3n) is 7.64. The van der Waals surface area contributed by atoms with Crippen LogP contribution in [0.15, 0.2) is 0 Å². The van der Waals surface area contributed by atoms with Gasteiger partial charge in [-0.25, -0.2) is 10.6 Å². The minimum absolute atomic E-state index is 0.0290. The van der Waals surface area contributed by atoms with E-state index in [0.717, 1.165) is 12.3 Å². The molecular weight excluding hydrogens is 312 g/mol. The van der Waals surface area contributed by atoms with Gasteiger partial charge in [0.05, 0.1) is 0 Å². The smallest absolute Gasteiger partial charge is 0.421 e. The van der Waals surface area contributed by atoms with Gasteiger partial charge in [0.2, 0.25) is 0 Å². The molecule has 25 heavy (non-hydrogen) atoms. The second-order valence-corrected chi connectivity index (χ2v) is 9.82. The van der Waals surface area contributed by atoms with E-state index in [1.165, 1.54) is 38.5 Å². The summed E-state index contributed by atoms with van der Waals surface area (Å²) in [5, 5.41) is 0. The molecule has 4 nitrogen and oxygen atoms in total. The van der Waals surface area contributed by atoms with E-state index in [4.69, 9.17) is 10.6 Å². The Bertz CT molecular complexity index is 465. The lowest BCUT2D eigenvalue weighted by molar-refractivity contribution is -0.160. The molecule has 0 heterocycles. The number of carbonyl (C=O) groups excluding carboxylic acids is 1. The third-order valence-corrected chi connectivity index (χ3v) is 7.64. The van der Waals surface area contributed by atoms with Gasteiger partial charge in [-0.05, 0) is 54.3 Å². The standard InChI is InChI=1S/C21H40N2O2/c1-7-14(2)9-10-16-15(3)13-17(25-19(24)23-22)18-20(4,5)11-8-12-21(16,18)6/h14-18H,7-13,22H2,1-6H3,(H,23,24)/t14-,15+,16+,17-,18+,21-/m1/s1. The highest BCUT2D eigenvalue weighted by Gasteiger charge is 2.58. The Morgan fingerprint density at radius 2 is 2.00 bits per heavy atom. The van der Waals surface area contributed by atoms with E-state index in [9.17, 15) is 4.79 Å². The molecule has 2 fully saturated rings. The van der Waals surface area contributed by atoms with Gasteiger partial charge in [0.25, 0.3) is 0 Å². The second kappa shape index (κ2) is 7.85. The van der Waals surface area contributed by atoms with Crippen molar-refractivity contribution in [2.24, 2.45) is 40.3 Å². The Balaban J connectivity index is 2.29. The summed E-state index contributed by atoms with van der Waals surface area (Å²) in [4.78, 5) is 11.9. The van der Waals surface area contributed by atoms with Gasteiger partial charge in [-0.1, -0.05) is 60.8 Å². The van der Waals surface area contributed by atoms with E-state index in [1.807, 2.05) is 0 Å². The lowest BCUT2D eigenvalue weighted by atomic mass is 9.45. The zero-order chi connectivity index (χ0) is 18.8. The van der Waals surface area contributed by atoms with Crippen molar-refractivity contribution in [2.45, 2.75) is 92.6 Å². The Hall–Kier alpha value is -0.770. The molecule has 0 aliphatic heterocycles. The molecule has 0 aromatic heterocycles. The fraction of sp³-hybridized carbons (Fsp3) is 0.952. The van der Waals surface area contributed by atoms with Gasteiger partial charge in [-0.15, -0.1) is 0 Å². The van der Waals surface area contributed by atoms with Crippen molar-refractivity contribution >= 4 is 6.09 Å². The summed E-state index contributed by atoms with van der Waals surface area (Å²) >= 11 is 0. The molecule has 0 aromatic carbocycles. The fourth-order valence-electron chi connectivity index (χ4n) is 6.36. The number of hydrogen-bond donors (Lipinski definition) is 2. The summed E-state index contributed by atoms with van der Waals surface area (Å²) in [6.45, 7) is 14.2. The normalized spacial score (nSPS) is 38.5. The summed E-state index contributed by atoms with van der Waals surface area (Å²) in [5.74, 6) is 7.79. The highest BCUT2D eigenvalue weighted by molar-refractivity contribution is 5.66. The molecule has 2 saturated carbocycles. The molecule has 2 rings (SSSR count). The molecule has 2 aliphatic carbocycles. The van der Waals surface area contributed by atoms with E-state index >= 15 is 0 Å². The van der Waals surface area contributed by atoms with Crippen LogP contribution >= 0.6 is 0 Å². The van der Waals surface area contributed by atoms with Crippen molar-refractivity contribution in [3.63, 3.8) is 0 Å². The Labute approximate surface area is 154 Å². The maximum absolute atomic E-state index is 11.9. The predicted molar refractivity (Wildman–Crippen MR) is 103 cm³/mol. The van der Waals surface area contributed by atoms with Crippen LogP contribution in [-0.2, 0) is 4.74 Å². The predicted octanol–water partition coefficient (Wildman–Crippen LogP) is 5.27. The highest BCUT2D eigenvalue weighted by atomic mass is 16.6. The maximum Gasteiger partial charge on any atom is 0.421 e. The van der Waals surface area contributed by atoms with Crippen LogP contribution in [0.4, 0.5) is 4.79 Å². The van der Waals surface area contributed by atoms with Crippen LogP contribution < -0.4 is 11.3 Å². The second-order valence-electron chi connectivity index (χ2n) is 9.82. The van der Waals surface area contributed by atoms with Crippen molar-refractivity contribution in [3.05, 3.63) is 0 Å².